The molecule has 0 fully saturated rings. The van der Waals surface area contributed by atoms with Gasteiger partial charge in [-0.15, -0.1) is 0 Å². The summed E-state index contributed by atoms with van der Waals surface area (Å²) in [6.45, 7) is 0.280. The maximum absolute atomic E-state index is 6.04. The van der Waals surface area contributed by atoms with Crippen LogP contribution in [0.4, 0.5) is 5.69 Å². The van der Waals surface area contributed by atoms with Gasteiger partial charge in [0, 0.05) is 27.4 Å². The van der Waals surface area contributed by atoms with Crippen molar-refractivity contribution in [2.45, 2.75) is 6.61 Å². The molecule has 0 atom stereocenters. The normalized spacial score (nSPS) is 10.4. The zero-order valence-electron chi connectivity index (χ0n) is 9.29. The number of ether oxygens (including phenoxy) is 1. The van der Waals surface area contributed by atoms with E-state index >= 15 is 0 Å². The van der Waals surface area contributed by atoms with Gasteiger partial charge in [0.25, 0.3) is 0 Å². The highest BCUT2D eigenvalue weighted by Gasteiger charge is 2.05. The predicted octanol–water partition coefficient (Wildman–Crippen LogP) is 4.81. The van der Waals surface area contributed by atoms with Crippen molar-refractivity contribution in [1.29, 1.82) is 0 Å². The number of rotatable bonds is 3. The first kappa shape index (κ1) is 13.3. The van der Waals surface area contributed by atoms with Crippen molar-refractivity contribution in [2.24, 2.45) is 0 Å². The van der Waals surface area contributed by atoms with Crippen molar-refractivity contribution in [3.63, 3.8) is 0 Å². The molecule has 0 saturated carbocycles. The molecule has 0 aliphatic heterocycles. The third-order valence-electron chi connectivity index (χ3n) is 2.35. The molecular weight excluding hydrogens is 293 g/mol. The SMILES string of the molecule is Nc1ccc(Cl)c(OCc2cc(Cl)ccc2Cl)c1. The number of hydrogen-bond donors (Lipinski definition) is 1. The maximum Gasteiger partial charge on any atom is 0.140 e. The smallest absolute Gasteiger partial charge is 0.140 e. The second-order valence-corrected chi connectivity index (χ2v) is 4.97. The van der Waals surface area contributed by atoms with Crippen LogP contribution in [0.1, 0.15) is 5.56 Å². The topological polar surface area (TPSA) is 35.2 Å². The zero-order valence-corrected chi connectivity index (χ0v) is 11.6. The molecule has 0 radical (unpaired) electrons. The van der Waals surface area contributed by atoms with E-state index in [-0.39, 0.29) is 6.61 Å². The summed E-state index contributed by atoms with van der Waals surface area (Å²) in [7, 11) is 0. The quantitative estimate of drug-likeness (QED) is 0.826. The van der Waals surface area contributed by atoms with Crippen LogP contribution in [-0.2, 0) is 6.61 Å². The van der Waals surface area contributed by atoms with Gasteiger partial charge in [-0.05, 0) is 30.3 Å². The van der Waals surface area contributed by atoms with E-state index in [0.29, 0.717) is 26.5 Å². The summed E-state index contributed by atoms with van der Waals surface area (Å²) in [5, 5.41) is 1.71. The fraction of sp³-hybridized carbons (Fsp3) is 0.0769. The Bertz CT molecular complexity index is 521. The molecule has 0 bridgehead atoms. The molecule has 2 aromatic rings. The first-order valence-corrected chi connectivity index (χ1v) is 6.31. The highest BCUT2D eigenvalue weighted by atomic mass is 35.5. The number of nitrogen functional groups attached to an aromatic ring is 1. The summed E-state index contributed by atoms with van der Waals surface area (Å²) in [6, 6.07) is 10.3. The fourth-order valence-corrected chi connectivity index (χ4v) is 1.98. The summed E-state index contributed by atoms with van der Waals surface area (Å²) < 4.78 is 5.58. The second kappa shape index (κ2) is 5.70. The van der Waals surface area contributed by atoms with E-state index in [9.17, 15) is 0 Å². The summed E-state index contributed by atoms with van der Waals surface area (Å²) in [6.07, 6.45) is 0. The van der Waals surface area contributed by atoms with E-state index in [2.05, 4.69) is 0 Å². The van der Waals surface area contributed by atoms with Gasteiger partial charge in [-0.2, -0.15) is 0 Å². The molecule has 0 aromatic heterocycles. The van der Waals surface area contributed by atoms with Crippen LogP contribution >= 0.6 is 34.8 Å². The third kappa shape index (κ3) is 3.22. The summed E-state index contributed by atoms with van der Waals surface area (Å²) >= 11 is 17.9. The van der Waals surface area contributed by atoms with Crippen LogP contribution in [0.5, 0.6) is 5.75 Å². The Hall–Kier alpha value is -1.09. The van der Waals surface area contributed by atoms with Crippen molar-refractivity contribution in [1.82, 2.24) is 0 Å². The summed E-state index contributed by atoms with van der Waals surface area (Å²) in [5.41, 5.74) is 7.05. The van der Waals surface area contributed by atoms with E-state index in [1.54, 1.807) is 36.4 Å². The van der Waals surface area contributed by atoms with Gasteiger partial charge in [0.1, 0.15) is 12.4 Å². The van der Waals surface area contributed by atoms with Gasteiger partial charge in [-0.1, -0.05) is 34.8 Å². The summed E-state index contributed by atoms with van der Waals surface area (Å²) in [5.74, 6) is 0.521. The Morgan fingerprint density at radius 2 is 1.67 bits per heavy atom. The molecule has 0 aliphatic rings. The maximum atomic E-state index is 6.04. The number of hydrogen-bond acceptors (Lipinski definition) is 2. The third-order valence-corrected chi connectivity index (χ3v) is 3.26. The lowest BCUT2D eigenvalue weighted by Gasteiger charge is -2.10. The van der Waals surface area contributed by atoms with Gasteiger partial charge in [-0.25, -0.2) is 0 Å². The Morgan fingerprint density at radius 3 is 2.44 bits per heavy atom. The highest BCUT2D eigenvalue weighted by molar-refractivity contribution is 6.33. The molecule has 0 heterocycles. The molecule has 2 N–H and O–H groups in total. The Labute approximate surface area is 120 Å². The Balaban J connectivity index is 2.16. The minimum atomic E-state index is 0.280. The minimum absolute atomic E-state index is 0.280. The Morgan fingerprint density at radius 1 is 0.944 bits per heavy atom. The number of nitrogens with two attached hydrogens (primary N) is 1. The van der Waals surface area contributed by atoms with Crippen molar-refractivity contribution < 1.29 is 4.74 Å². The number of benzene rings is 2. The zero-order chi connectivity index (χ0) is 13.1. The van der Waals surface area contributed by atoms with Gasteiger partial charge < -0.3 is 10.5 Å². The van der Waals surface area contributed by atoms with Gasteiger partial charge >= 0.3 is 0 Å². The van der Waals surface area contributed by atoms with Crippen molar-refractivity contribution in [2.75, 3.05) is 5.73 Å². The van der Waals surface area contributed by atoms with E-state index in [0.717, 1.165) is 5.56 Å². The Kier molecular flexibility index (Phi) is 4.23. The van der Waals surface area contributed by atoms with Crippen LogP contribution in [0.2, 0.25) is 15.1 Å². The van der Waals surface area contributed by atoms with Gasteiger partial charge in [-0.3, -0.25) is 0 Å². The lowest BCUT2D eigenvalue weighted by Crippen LogP contribution is -1.97. The first-order chi connectivity index (χ1) is 8.56. The first-order valence-electron chi connectivity index (χ1n) is 5.18. The van der Waals surface area contributed by atoms with Crippen LogP contribution < -0.4 is 10.5 Å². The molecule has 0 unspecified atom stereocenters. The molecule has 0 amide bonds. The molecule has 2 rings (SSSR count). The van der Waals surface area contributed by atoms with Crippen LogP contribution in [0.15, 0.2) is 36.4 Å². The second-order valence-electron chi connectivity index (χ2n) is 3.71. The molecule has 94 valence electrons. The van der Waals surface area contributed by atoms with Gasteiger partial charge in [0.05, 0.1) is 5.02 Å². The van der Waals surface area contributed by atoms with Gasteiger partial charge in [0.2, 0.25) is 0 Å². The predicted molar refractivity (Wildman–Crippen MR) is 76.7 cm³/mol. The van der Waals surface area contributed by atoms with Crippen LogP contribution in [0.3, 0.4) is 0 Å². The average Bonchev–Trinajstić information content (AvgIpc) is 2.34. The lowest BCUT2D eigenvalue weighted by atomic mass is 10.2. The van der Waals surface area contributed by atoms with Crippen LogP contribution in [-0.4, -0.2) is 0 Å². The van der Waals surface area contributed by atoms with E-state index < -0.39 is 0 Å². The van der Waals surface area contributed by atoms with E-state index in [1.165, 1.54) is 0 Å². The van der Waals surface area contributed by atoms with E-state index in [1.807, 2.05) is 0 Å². The minimum Gasteiger partial charge on any atom is -0.487 e. The monoisotopic (exact) mass is 301 g/mol. The number of anilines is 1. The van der Waals surface area contributed by atoms with Crippen molar-refractivity contribution in [3.8, 4) is 5.75 Å². The van der Waals surface area contributed by atoms with Gasteiger partial charge in [0.15, 0.2) is 0 Å². The average molecular weight is 303 g/mol. The standard InChI is InChI=1S/C13H10Cl3NO/c14-9-1-3-11(15)8(5-9)7-18-13-6-10(17)2-4-12(13)16/h1-6H,7,17H2. The molecule has 0 aliphatic carbocycles. The van der Waals surface area contributed by atoms with Crippen LogP contribution in [0.25, 0.3) is 0 Å². The molecule has 2 aromatic carbocycles. The number of halogens is 3. The molecule has 0 saturated heterocycles. The molecule has 18 heavy (non-hydrogen) atoms. The van der Waals surface area contributed by atoms with Crippen LogP contribution in [0, 0.1) is 0 Å². The highest BCUT2D eigenvalue weighted by Crippen LogP contribution is 2.28. The lowest BCUT2D eigenvalue weighted by molar-refractivity contribution is 0.306. The van der Waals surface area contributed by atoms with E-state index in [4.69, 9.17) is 45.3 Å². The fourth-order valence-electron chi connectivity index (χ4n) is 1.44. The molecule has 0 spiro atoms. The molecular formula is C13H10Cl3NO. The van der Waals surface area contributed by atoms with Crippen molar-refractivity contribution in [3.05, 3.63) is 57.0 Å². The molecule has 2 nitrogen and oxygen atoms in total. The molecule has 5 heteroatoms. The van der Waals surface area contributed by atoms with Crippen molar-refractivity contribution >= 4 is 40.5 Å². The largest absolute Gasteiger partial charge is 0.487 e. The summed E-state index contributed by atoms with van der Waals surface area (Å²) in [4.78, 5) is 0.